The number of hydrogen-bond donors (Lipinski definition) is 2. The fourth-order valence-corrected chi connectivity index (χ4v) is 1.36. The summed E-state index contributed by atoms with van der Waals surface area (Å²) < 4.78 is 18.5. The lowest BCUT2D eigenvalue weighted by Gasteiger charge is -2.14. The van der Waals surface area contributed by atoms with Crippen LogP contribution in [0.25, 0.3) is 11.1 Å². The lowest BCUT2D eigenvalue weighted by molar-refractivity contribution is -0.150. The second-order valence-corrected chi connectivity index (χ2v) is 3.53. The van der Waals surface area contributed by atoms with Gasteiger partial charge in [-0.1, -0.05) is 6.07 Å². The number of benzene rings is 1. The molecule has 0 aliphatic carbocycles. The van der Waals surface area contributed by atoms with Crippen molar-refractivity contribution in [3.8, 4) is 0 Å². The van der Waals surface area contributed by atoms with Crippen LogP contribution in [-0.4, -0.2) is 16.1 Å². The van der Waals surface area contributed by atoms with Gasteiger partial charge in [-0.15, -0.1) is 0 Å². The number of H-pyrrole nitrogens is 1. The molecule has 1 heterocycles. The number of halogens is 1. The van der Waals surface area contributed by atoms with Crippen LogP contribution < -0.4 is 5.76 Å². The molecule has 2 aromatic rings. The zero-order valence-corrected chi connectivity index (χ0v) is 8.28. The number of hydrogen-bond acceptors (Lipinski definition) is 3. The van der Waals surface area contributed by atoms with Crippen molar-refractivity contribution in [1.29, 1.82) is 0 Å². The monoisotopic (exact) mass is 225 g/mol. The number of aliphatic carboxylic acids is 1. The van der Waals surface area contributed by atoms with Gasteiger partial charge in [0.1, 0.15) is 0 Å². The molecule has 0 aliphatic heterocycles. The van der Waals surface area contributed by atoms with Gasteiger partial charge in [-0.25, -0.2) is 14.0 Å². The van der Waals surface area contributed by atoms with E-state index in [1.807, 2.05) is 0 Å². The summed E-state index contributed by atoms with van der Waals surface area (Å²) >= 11 is 0. The Morgan fingerprint density at radius 3 is 2.88 bits per heavy atom. The number of carbonyl (C=O) groups is 1. The Morgan fingerprint density at radius 1 is 1.56 bits per heavy atom. The summed E-state index contributed by atoms with van der Waals surface area (Å²) in [6.45, 7) is 0.932. The van der Waals surface area contributed by atoms with Crippen molar-refractivity contribution < 1.29 is 18.7 Å². The summed E-state index contributed by atoms with van der Waals surface area (Å²) in [6.07, 6.45) is 0. The Balaban J connectivity index is 2.63. The second kappa shape index (κ2) is 3.19. The molecule has 2 N–H and O–H groups in total. The Labute approximate surface area is 88.5 Å². The molecule has 5 nitrogen and oxygen atoms in total. The van der Waals surface area contributed by atoms with Gasteiger partial charge in [0.05, 0.1) is 5.52 Å². The van der Waals surface area contributed by atoms with E-state index < -0.39 is 17.4 Å². The Morgan fingerprint density at radius 2 is 2.25 bits per heavy atom. The maximum atomic E-state index is 13.8. The van der Waals surface area contributed by atoms with Crippen LogP contribution >= 0.6 is 0 Å². The minimum Gasteiger partial charge on any atom is -0.479 e. The molecule has 0 aliphatic rings. The van der Waals surface area contributed by atoms with Crippen molar-refractivity contribution >= 4 is 17.1 Å². The molecular weight excluding hydrogens is 217 g/mol. The molecule has 1 aromatic carbocycles. The molecule has 0 bridgehead atoms. The van der Waals surface area contributed by atoms with Gasteiger partial charge in [0.2, 0.25) is 5.67 Å². The second-order valence-electron chi connectivity index (χ2n) is 3.53. The van der Waals surface area contributed by atoms with Gasteiger partial charge in [0, 0.05) is 5.56 Å². The van der Waals surface area contributed by atoms with E-state index >= 15 is 0 Å². The molecule has 0 saturated carbocycles. The van der Waals surface area contributed by atoms with E-state index in [0.29, 0.717) is 5.52 Å². The highest BCUT2D eigenvalue weighted by atomic mass is 19.1. The maximum Gasteiger partial charge on any atom is 0.417 e. The van der Waals surface area contributed by atoms with E-state index in [0.717, 1.165) is 6.92 Å². The van der Waals surface area contributed by atoms with E-state index in [4.69, 9.17) is 9.52 Å². The number of oxazole rings is 1. The topological polar surface area (TPSA) is 83.3 Å². The van der Waals surface area contributed by atoms with E-state index in [2.05, 4.69) is 4.98 Å². The van der Waals surface area contributed by atoms with E-state index in [1.165, 1.54) is 18.2 Å². The fourth-order valence-electron chi connectivity index (χ4n) is 1.36. The quantitative estimate of drug-likeness (QED) is 0.808. The lowest BCUT2D eigenvalue weighted by Crippen LogP contribution is -2.26. The fraction of sp³-hybridized carbons (Fsp3) is 0.200. The average Bonchev–Trinajstić information content (AvgIpc) is 2.56. The molecule has 16 heavy (non-hydrogen) atoms. The molecule has 1 unspecified atom stereocenters. The molecule has 2 rings (SSSR count). The van der Waals surface area contributed by atoms with Crippen molar-refractivity contribution in [3.05, 3.63) is 34.3 Å². The Bertz CT molecular complexity index is 611. The first kappa shape index (κ1) is 10.4. The number of alkyl halides is 1. The predicted octanol–water partition coefficient (Wildman–Crippen LogP) is 1.39. The first-order valence-corrected chi connectivity index (χ1v) is 4.47. The number of carboxylic acid groups (broad SMARTS) is 1. The highest BCUT2D eigenvalue weighted by molar-refractivity contribution is 5.81. The normalized spacial score (nSPS) is 14.9. The van der Waals surface area contributed by atoms with Gasteiger partial charge in [-0.05, 0) is 19.1 Å². The number of aromatic amines is 1. The summed E-state index contributed by atoms with van der Waals surface area (Å²) in [5.41, 5.74) is -2.05. The Hall–Kier alpha value is -2.11. The summed E-state index contributed by atoms with van der Waals surface area (Å²) in [7, 11) is 0. The predicted molar refractivity (Wildman–Crippen MR) is 52.9 cm³/mol. The van der Waals surface area contributed by atoms with Crippen LogP contribution in [0.3, 0.4) is 0 Å². The van der Waals surface area contributed by atoms with Crippen molar-refractivity contribution in [2.24, 2.45) is 0 Å². The number of rotatable bonds is 2. The molecule has 0 fully saturated rings. The minimum absolute atomic E-state index is 0.0738. The van der Waals surface area contributed by atoms with Crippen LogP contribution in [0.15, 0.2) is 27.4 Å². The molecule has 1 atom stereocenters. The van der Waals surface area contributed by atoms with Crippen LogP contribution in [0, 0.1) is 0 Å². The summed E-state index contributed by atoms with van der Waals surface area (Å²) in [5.74, 6) is -2.26. The van der Waals surface area contributed by atoms with Crippen LogP contribution in [0.2, 0.25) is 0 Å². The highest BCUT2D eigenvalue weighted by Gasteiger charge is 2.35. The molecule has 0 radical (unpaired) electrons. The maximum absolute atomic E-state index is 13.8. The SMILES string of the molecule is CC(F)(C(=O)O)c1ccc2[nH]c(=O)oc2c1. The van der Waals surface area contributed by atoms with Gasteiger partial charge in [-0.2, -0.15) is 0 Å². The molecular formula is C10H8FNO4. The number of nitrogens with one attached hydrogen (secondary N) is 1. The van der Waals surface area contributed by atoms with Crippen LogP contribution in [0.4, 0.5) is 4.39 Å². The van der Waals surface area contributed by atoms with Gasteiger partial charge < -0.3 is 9.52 Å². The van der Waals surface area contributed by atoms with Crippen LogP contribution in [0.5, 0.6) is 0 Å². The minimum atomic E-state index is -2.51. The molecule has 0 saturated heterocycles. The first-order chi connectivity index (χ1) is 7.41. The molecule has 84 valence electrons. The third kappa shape index (κ3) is 1.48. The third-order valence-electron chi connectivity index (χ3n) is 2.36. The molecule has 1 aromatic heterocycles. The van der Waals surface area contributed by atoms with Gasteiger partial charge in [0.25, 0.3) is 0 Å². The van der Waals surface area contributed by atoms with Crippen molar-refractivity contribution in [2.75, 3.05) is 0 Å². The largest absolute Gasteiger partial charge is 0.479 e. The van der Waals surface area contributed by atoms with Crippen LogP contribution in [0.1, 0.15) is 12.5 Å². The van der Waals surface area contributed by atoms with E-state index in [1.54, 1.807) is 0 Å². The number of fused-ring (bicyclic) bond motifs is 1. The van der Waals surface area contributed by atoms with Gasteiger partial charge in [0.15, 0.2) is 5.58 Å². The molecule has 6 heteroatoms. The summed E-state index contributed by atoms with van der Waals surface area (Å²) in [6, 6.07) is 3.89. The summed E-state index contributed by atoms with van der Waals surface area (Å²) in [4.78, 5) is 23.9. The standard InChI is InChI=1S/C10H8FNO4/c1-10(11,8(13)14)5-2-3-6-7(4-5)16-9(15)12-6/h2-4H,1H3,(H,12,15)(H,13,14). The number of carboxylic acids is 1. The lowest BCUT2D eigenvalue weighted by atomic mass is 9.98. The number of aromatic nitrogens is 1. The van der Waals surface area contributed by atoms with E-state index in [9.17, 15) is 14.0 Å². The smallest absolute Gasteiger partial charge is 0.417 e. The van der Waals surface area contributed by atoms with Gasteiger partial charge in [-0.3, -0.25) is 4.98 Å². The third-order valence-corrected chi connectivity index (χ3v) is 2.36. The molecule has 0 amide bonds. The zero-order chi connectivity index (χ0) is 11.9. The van der Waals surface area contributed by atoms with Gasteiger partial charge >= 0.3 is 11.7 Å². The highest BCUT2D eigenvalue weighted by Crippen LogP contribution is 2.27. The zero-order valence-electron chi connectivity index (χ0n) is 8.28. The van der Waals surface area contributed by atoms with Crippen LogP contribution in [-0.2, 0) is 10.5 Å². The van der Waals surface area contributed by atoms with Crippen molar-refractivity contribution in [2.45, 2.75) is 12.6 Å². The molecule has 0 spiro atoms. The first-order valence-electron chi connectivity index (χ1n) is 4.47. The van der Waals surface area contributed by atoms with Crippen molar-refractivity contribution in [1.82, 2.24) is 4.98 Å². The van der Waals surface area contributed by atoms with Crippen molar-refractivity contribution in [3.63, 3.8) is 0 Å². The Kier molecular flexibility index (Phi) is 2.08. The van der Waals surface area contributed by atoms with E-state index in [-0.39, 0.29) is 11.1 Å². The average molecular weight is 225 g/mol. The summed E-state index contributed by atoms with van der Waals surface area (Å²) in [5, 5.41) is 8.70.